The Kier molecular flexibility index (Phi) is 58.9. The molecule has 1 rings (SSSR count). The first-order valence-electron chi connectivity index (χ1n) is 38.0. The topological polar surface area (TPSA) is 202 Å². The number of carbonyl (C=O) groups excluding carboxylic acids is 7. The van der Waals surface area contributed by atoms with Crippen LogP contribution in [0, 0.1) is 0 Å². The summed E-state index contributed by atoms with van der Waals surface area (Å²) in [5.74, 6) is -1.45. The summed E-state index contributed by atoms with van der Waals surface area (Å²) in [6.07, 6.45) is 41.6. The first-order valence-corrected chi connectivity index (χ1v) is 38.0. The minimum atomic E-state index is -0.347. The second-order valence-corrected chi connectivity index (χ2v) is 26.3. The number of hydrogen-bond donors (Lipinski definition) is 3. The zero-order valence-corrected chi connectivity index (χ0v) is 60.4. The Hall–Kier alpha value is -4.61. The van der Waals surface area contributed by atoms with Gasteiger partial charge < -0.3 is 49.6 Å². The van der Waals surface area contributed by atoms with Gasteiger partial charge in [0.05, 0.1) is 26.4 Å². The van der Waals surface area contributed by atoms with E-state index in [1.165, 1.54) is 77.0 Å². The lowest BCUT2D eigenvalue weighted by Gasteiger charge is -2.22. The molecule has 0 atom stereocenters. The van der Waals surface area contributed by atoms with Gasteiger partial charge in [-0.25, -0.2) is 0 Å². The maximum Gasteiger partial charge on any atom is 0.305 e. The minimum Gasteiger partial charge on any atom is -0.466 e. The Morgan fingerprint density at radius 1 is 0.280 bits per heavy atom. The second kappa shape index (κ2) is 63.4. The third kappa shape index (κ3) is 54.2. The number of carbonyl (C=O) groups is 7. The van der Waals surface area contributed by atoms with Crippen LogP contribution in [-0.2, 0) is 38.1 Å². The van der Waals surface area contributed by atoms with Gasteiger partial charge in [-0.15, -0.1) is 0 Å². The van der Waals surface area contributed by atoms with E-state index in [0.717, 1.165) is 206 Å². The molecular weight excluding hydrogens is 1170 g/mol. The molecule has 0 fully saturated rings. The maximum atomic E-state index is 14.0. The van der Waals surface area contributed by atoms with Crippen LogP contribution in [0.15, 0.2) is 18.2 Å². The Bertz CT molecular complexity index is 1820. The highest BCUT2D eigenvalue weighted by Gasteiger charge is 2.18. The zero-order valence-electron chi connectivity index (χ0n) is 60.4. The smallest absolute Gasteiger partial charge is 0.305 e. The number of hydrogen-bond acceptors (Lipinski definition) is 14. The van der Waals surface area contributed by atoms with Crippen LogP contribution in [0.4, 0.5) is 0 Å². The molecule has 0 aliphatic carbocycles. The Balaban J connectivity index is 2.98. The summed E-state index contributed by atoms with van der Waals surface area (Å²) < 4.78 is 21.9. The van der Waals surface area contributed by atoms with E-state index in [4.69, 9.17) is 18.9 Å². The lowest BCUT2D eigenvalue weighted by atomic mass is 10.0. The number of esters is 4. The van der Waals surface area contributed by atoms with Gasteiger partial charge in [-0.2, -0.15) is 0 Å². The van der Waals surface area contributed by atoms with E-state index in [9.17, 15) is 33.6 Å². The van der Waals surface area contributed by atoms with Crippen LogP contribution in [-0.4, -0.2) is 162 Å². The molecule has 538 valence electrons. The molecule has 0 bridgehead atoms. The summed E-state index contributed by atoms with van der Waals surface area (Å²) in [6, 6.07) is 4.73. The van der Waals surface area contributed by atoms with Gasteiger partial charge in [-0.05, 0) is 174 Å². The van der Waals surface area contributed by atoms with Crippen molar-refractivity contribution in [3.63, 3.8) is 0 Å². The molecule has 0 aliphatic heterocycles. The minimum absolute atomic E-state index is 0.102. The van der Waals surface area contributed by atoms with Gasteiger partial charge in [0.25, 0.3) is 17.7 Å². The molecule has 0 radical (unpaired) electrons. The summed E-state index contributed by atoms with van der Waals surface area (Å²) in [4.78, 5) is 97.9. The number of unbranched alkanes of at least 4 members (excludes halogenated alkanes) is 28. The molecule has 0 aromatic heterocycles. The molecule has 0 spiro atoms. The number of ether oxygens (including phenoxy) is 4. The van der Waals surface area contributed by atoms with Crippen molar-refractivity contribution in [2.45, 2.75) is 304 Å². The SMILES string of the molecule is CCCCCCCOC(=O)CCCCCCN(CCCCCCC(=O)OCCCCCCC)CCCNC(=O)c1cc(C(=O)NCCCN(C)C)cc(C(=O)NCCCN(CCCCCCC(=O)OCCCCCCC)CCCCCCC(=O)OCCCCCCC)c1. The fourth-order valence-corrected chi connectivity index (χ4v) is 11.3. The van der Waals surface area contributed by atoms with Crippen molar-refractivity contribution in [2.24, 2.45) is 0 Å². The molecule has 0 unspecified atom stereocenters. The Labute approximate surface area is 566 Å². The predicted molar refractivity (Wildman–Crippen MR) is 380 cm³/mol. The first-order chi connectivity index (χ1) is 45.3. The highest BCUT2D eigenvalue weighted by atomic mass is 16.5. The van der Waals surface area contributed by atoms with Gasteiger partial charge in [-0.3, -0.25) is 33.6 Å². The molecule has 0 saturated carbocycles. The predicted octanol–water partition coefficient (Wildman–Crippen LogP) is 16.1. The van der Waals surface area contributed by atoms with Crippen LogP contribution in [0.5, 0.6) is 0 Å². The lowest BCUT2D eigenvalue weighted by Crippen LogP contribution is -2.33. The van der Waals surface area contributed by atoms with Crippen LogP contribution < -0.4 is 16.0 Å². The first kappa shape index (κ1) is 86.4. The van der Waals surface area contributed by atoms with Gasteiger partial charge in [0.15, 0.2) is 0 Å². The molecule has 0 aliphatic rings. The Morgan fingerprint density at radius 3 is 0.742 bits per heavy atom. The van der Waals surface area contributed by atoms with Crippen LogP contribution in [0.25, 0.3) is 0 Å². The molecule has 0 saturated heterocycles. The maximum absolute atomic E-state index is 14.0. The monoisotopic (exact) mass is 1310 g/mol. The van der Waals surface area contributed by atoms with Gasteiger partial charge >= 0.3 is 23.9 Å². The van der Waals surface area contributed by atoms with Gasteiger partial charge in [0.1, 0.15) is 0 Å². The molecule has 1 aromatic rings. The highest BCUT2D eigenvalue weighted by molar-refractivity contribution is 6.04. The average Bonchev–Trinajstić information content (AvgIpc) is 3.50. The summed E-state index contributed by atoms with van der Waals surface area (Å²) in [7, 11) is 3.97. The molecule has 3 amide bonds. The summed E-state index contributed by atoms with van der Waals surface area (Å²) in [5, 5.41) is 9.15. The van der Waals surface area contributed by atoms with Crippen LogP contribution >= 0.6 is 0 Å². The standard InChI is InChI=1S/C76H138N6O11/c1-7-11-15-27-39-60-90-70(83)46-31-19-23-35-54-81(55-36-24-20-32-47-71(84)91-61-40-28-16-12-8-2)58-44-51-78-75(88)68-64-67(74(87)77-50-43-53-80(5)6)65-69(66-68)76(89)79-52-45-59-82(56-37-25-21-33-48-72(85)92-62-41-29-17-13-9-3)57-38-26-22-34-49-73(86)93-63-42-30-18-14-10-4/h64-66H,7-63H2,1-6H3,(H,77,87)(H,78,88)(H,79,89). The van der Waals surface area contributed by atoms with Gasteiger partial charge in [0.2, 0.25) is 0 Å². The molecule has 0 heterocycles. The zero-order chi connectivity index (χ0) is 67.9. The largest absolute Gasteiger partial charge is 0.466 e. The van der Waals surface area contributed by atoms with Crippen LogP contribution in [0.1, 0.15) is 335 Å². The van der Waals surface area contributed by atoms with Crippen molar-refractivity contribution < 1.29 is 52.5 Å². The number of amides is 3. The number of nitrogens with one attached hydrogen (secondary N) is 3. The molecule has 17 nitrogen and oxygen atoms in total. The van der Waals surface area contributed by atoms with Crippen molar-refractivity contribution in [3.8, 4) is 0 Å². The summed E-state index contributed by atoms with van der Waals surface area (Å²) >= 11 is 0. The third-order valence-corrected chi connectivity index (χ3v) is 17.1. The summed E-state index contributed by atoms with van der Waals surface area (Å²) in [5.41, 5.74) is 0.754. The second-order valence-electron chi connectivity index (χ2n) is 26.3. The highest BCUT2D eigenvalue weighted by Crippen LogP contribution is 2.16. The number of benzene rings is 1. The lowest BCUT2D eigenvalue weighted by molar-refractivity contribution is -0.144. The van der Waals surface area contributed by atoms with Crippen LogP contribution in [0.3, 0.4) is 0 Å². The van der Waals surface area contributed by atoms with Crippen molar-refractivity contribution in [1.29, 1.82) is 0 Å². The van der Waals surface area contributed by atoms with E-state index >= 15 is 0 Å². The van der Waals surface area contributed by atoms with Crippen molar-refractivity contribution >= 4 is 41.6 Å². The fraction of sp³-hybridized carbons (Fsp3) is 0.829. The van der Waals surface area contributed by atoms with Crippen LogP contribution in [0.2, 0.25) is 0 Å². The molecule has 17 heteroatoms. The number of nitrogens with zero attached hydrogens (tertiary/aromatic N) is 3. The summed E-state index contributed by atoms with van der Waals surface area (Å²) in [6.45, 7) is 18.1. The van der Waals surface area contributed by atoms with E-state index < -0.39 is 0 Å². The van der Waals surface area contributed by atoms with E-state index in [1.807, 2.05) is 14.1 Å². The molecule has 1 aromatic carbocycles. The van der Waals surface area contributed by atoms with E-state index in [-0.39, 0.29) is 58.3 Å². The normalized spacial score (nSPS) is 11.4. The average molecular weight is 1310 g/mol. The van der Waals surface area contributed by atoms with E-state index in [2.05, 4.69) is 58.3 Å². The van der Waals surface area contributed by atoms with E-state index in [0.29, 0.717) is 84.6 Å². The van der Waals surface area contributed by atoms with Crippen molar-refractivity contribution in [3.05, 3.63) is 34.9 Å². The van der Waals surface area contributed by atoms with Gasteiger partial charge in [-0.1, -0.05) is 182 Å². The van der Waals surface area contributed by atoms with E-state index in [1.54, 1.807) is 18.2 Å². The van der Waals surface area contributed by atoms with Gasteiger partial charge in [0, 0.05) is 62.0 Å². The van der Waals surface area contributed by atoms with Crippen molar-refractivity contribution in [2.75, 3.05) is 106 Å². The molecule has 3 N–H and O–H groups in total. The fourth-order valence-electron chi connectivity index (χ4n) is 11.3. The molecular formula is C76H138N6O11. The third-order valence-electron chi connectivity index (χ3n) is 17.1. The molecule has 93 heavy (non-hydrogen) atoms. The quantitative estimate of drug-likeness (QED) is 0.0316. The van der Waals surface area contributed by atoms with Crippen molar-refractivity contribution in [1.82, 2.24) is 30.7 Å². The number of rotatable bonds is 67. The Morgan fingerprint density at radius 2 is 0.495 bits per heavy atom.